The monoisotopic (exact) mass is 272 g/mol. The normalized spacial score (nSPS) is 25.2. The van der Waals surface area contributed by atoms with Gasteiger partial charge in [0.1, 0.15) is 0 Å². The predicted octanol–water partition coefficient (Wildman–Crippen LogP) is -0.396. The molecule has 7 heteroatoms. The number of piperidine rings is 1. The van der Waals surface area contributed by atoms with Gasteiger partial charge < -0.3 is 20.8 Å². The minimum Gasteiger partial charge on any atom is -0.481 e. The Morgan fingerprint density at radius 1 is 1.16 bits per heavy atom. The summed E-state index contributed by atoms with van der Waals surface area (Å²) in [6.45, 7) is 3.76. The minimum absolute atomic E-state index is 0.0482. The number of nitrogens with two attached hydrogens (primary N) is 1. The Hall–Kier alpha value is -1.63. The molecule has 4 N–H and O–H groups in total. The average molecular weight is 272 g/mol. The van der Waals surface area contributed by atoms with Gasteiger partial charge in [-0.1, -0.05) is 13.8 Å². The molecule has 0 aromatic heterocycles. The summed E-state index contributed by atoms with van der Waals surface area (Å²) in [6, 6.07) is -0.684. The van der Waals surface area contributed by atoms with Crippen molar-refractivity contribution >= 4 is 17.8 Å². The first kappa shape index (κ1) is 15.4. The van der Waals surface area contributed by atoms with E-state index in [0.29, 0.717) is 0 Å². The number of likely N-dealkylation sites (tertiary alicyclic amines) is 1. The Balaban J connectivity index is 2.79. The van der Waals surface area contributed by atoms with Crippen molar-refractivity contribution < 1.29 is 24.6 Å². The van der Waals surface area contributed by atoms with Gasteiger partial charge in [0.2, 0.25) is 5.91 Å². The molecule has 108 valence electrons. The summed E-state index contributed by atoms with van der Waals surface area (Å²) in [5.41, 5.74) is 5.75. The molecule has 1 amide bonds. The number of nitrogens with zero attached hydrogens (tertiary/aromatic N) is 1. The summed E-state index contributed by atoms with van der Waals surface area (Å²) in [7, 11) is 0. The van der Waals surface area contributed by atoms with Crippen LogP contribution >= 0.6 is 0 Å². The van der Waals surface area contributed by atoms with Crippen molar-refractivity contribution in [3.05, 3.63) is 0 Å². The third-order valence-corrected chi connectivity index (χ3v) is 3.56. The van der Waals surface area contributed by atoms with Crippen molar-refractivity contribution in [2.75, 3.05) is 13.1 Å². The third kappa shape index (κ3) is 3.44. The number of rotatable bonds is 4. The van der Waals surface area contributed by atoms with Gasteiger partial charge in [0, 0.05) is 13.1 Å². The van der Waals surface area contributed by atoms with Crippen molar-refractivity contribution in [2.24, 2.45) is 23.5 Å². The van der Waals surface area contributed by atoms with Crippen LogP contribution in [0.25, 0.3) is 0 Å². The molecule has 1 heterocycles. The number of carboxylic acids is 2. The molecule has 0 aromatic rings. The molecule has 1 fully saturated rings. The molecular weight excluding hydrogens is 252 g/mol. The molecule has 0 aliphatic carbocycles. The molecule has 3 atom stereocenters. The minimum atomic E-state index is -1.19. The van der Waals surface area contributed by atoms with E-state index in [0.717, 1.165) is 0 Å². The number of carbonyl (C=O) groups excluding carboxylic acids is 1. The second kappa shape index (κ2) is 6.01. The molecule has 1 aliphatic rings. The van der Waals surface area contributed by atoms with Crippen LogP contribution < -0.4 is 5.73 Å². The zero-order valence-corrected chi connectivity index (χ0v) is 11.1. The van der Waals surface area contributed by atoms with E-state index >= 15 is 0 Å². The van der Waals surface area contributed by atoms with Crippen LogP contribution in [0.3, 0.4) is 0 Å². The average Bonchev–Trinajstić information content (AvgIpc) is 2.35. The van der Waals surface area contributed by atoms with Crippen molar-refractivity contribution in [3.63, 3.8) is 0 Å². The summed E-state index contributed by atoms with van der Waals surface area (Å²) in [6.07, 6.45) is 0.142. The van der Waals surface area contributed by atoms with Crippen LogP contribution in [0.15, 0.2) is 0 Å². The molecule has 19 heavy (non-hydrogen) atoms. The quantitative estimate of drug-likeness (QED) is 0.640. The third-order valence-electron chi connectivity index (χ3n) is 3.56. The molecule has 0 spiro atoms. The SMILES string of the molecule is CC(C)[C@H](N)C(=O)N1CCC(C(=O)O)C(C(=O)O)C1. The van der Waals surface area contributed by atoms with Gasteiger partial charge in [-0.25, -0.2) is 0 Å². The van der Waals surface area contributed by atoms with Crippen molar-refractivity contribution in [1.82, 2.24) is 4.90 Å². The molecule has 2 unspecified atom stereocenters. The van der Waals surface area contributed by atoms with E-state index in [4.69, 9.17) is 15.9 Å². The highest BCUT2D eigenvalue weighted by Gasteiger charge is 2.41. The van der Waals surface area contributed by atoms with E-state index in [1.54, 1.807) is 13.8 Å². The number of aliphatic carboxylic acids is 2. The maximum Gasteiger partial charge on any atom is 0.309 e. The molecule has 0 saturated carbocycles. The fraction of sp³-hybridized carbons (Fsp3) is 0.750. The Bertz CT molecular complexity index is 382. The lowest BCUT2D eigenvalue weighted by molar-refractivity contribution is -0.159. The first-order valence-electron chi connectivity index (χ1n) is 6.25. The largest absolute Gasteiger partial charge is 0.481 e. The summed E-state index contributed by atoms with van der Waals surface area (Å²) >= 11 is 0. The summed E-state index contributed by atoms with van der Waals surface area (Å²) in [5.74, 6) is -4.71. The molecule has 0 aromatic carbocycles. The lowest BCUT2D eigenvalue weighted by Gasteiger charge is -2.36. The van der Waals surface area contributed by atoms with Gasteiger partial charge in [0.15, 0.2) is 0 Å². The second-order valence-electron chi connectivity index (χ2n) is 5.23. The second-order valence-corrected chi connectivity index (χ2v) is 5.23. The number of hydrogen-bond donors (Lipinski definition) is 3. The van der Waals surface area contributed by atoms with Crippen molar-refractivity contribution in [2.45, 2.75) is 26.3 Å². The predicted molar refractivity (Wildman–Crippen MR) is 66.3 cm³/mol. The number of hydrogen-bond acceptors (Lipinski definition) is 4. The maximum atomic E-state index is 12.0. The first-order valence-corrected chi connectivity index (χ1v) is 6.25. The van der Waals surface area contributed by atoms with Gasteiger partial charge in [0.05, 0.1) is 17.9 Å². The van der Waals surface area contributed by atoms with Gasteiger partial charge in [-0.2, -0.15) is 0 Å². The molecular formula is C12H20N2O5. The fourth-order valence-electron chi connectivity index (χ4n) is 2.19. The van der Waals surface area contributed by atoms with Crippen molar-refractivity contribution in [3.8, 4) is 0 Å². The Morgan fingerprint density at radius 3 is 2.11 bits per heavy atom. The Morgan fingerprint density at radius 2 is 1.68 bits per heavy atom. The molecule has 1 aliphatic heterocycles. The van der Waals surface area contributed by atoms with E-state index in [9.17, 15) is 14.4 Å². The number of carboxylic acid groups (broad SMARTS) is 2. The molecule has 0 bridgehead atoms. The van der Waals surface area contributed by atoms with Gasteiger partial charge in [-0.3, -0.25) is 14.4 Å². The van der Waals surface area contributed by atoms with E-state index in [1.807, 2.05) is 0 Å². The van der Waals surface area contributed by atoms with Gasteiger partial charge in [0.25, 0.3) is 0 Å². The highest BCUT2D eigenvalue weighted by Crippen LogP contribution is 2.25. The summed E-state index contributed by atoms with van der Waals surface area (Å²) in [4.78, 5) is 35.5. The zero-order valence-electron chi connectivity index (χ0n) is 11.1. The van der Waals surface area contributed by atoms with Gasteiger partial charge in [-0.05, 0) is 12.3 Å². The fourth-order valence-corrected chi connectivity index (χ4v) is 2.19. The number of carbonyl (C=O) groups is 3. The van der Waals surface area contributed by atoms with E-state index < -0.39 is 29.8 Å². The van der Waals surface area contributed by atoms with Crippen LogP contribution in [0.4, 0.5) is 0 Å². The topological polar surface area (TPSA) is 121 Å². The van der Waals surface area contributed by atoms with Crippen LogP contribution in [0.5, 0.6) is 0 Å². The van der Waals surface area contributed by atoms with Crippen LogP contribution in [0.2, 0.25) is 0 Å². The van der Waals surface area contributed by atoms with Gasteiger partial charge >= 0.3 is 11.9 Å². The Labute approximate surface area is 111 Å². The molecule has 0 radical (unpaired) electrons. The summed E-state index contributed by atoms with van der Waals surface area (Å²) in [5, 5.41) is 18.1. The van der Waals surface area contributed by atoms with Crippen molar-refractivity contribution in [1.29, 1.82) is 0 Å². The van der Waals surface area contributed by atoms with Gasteiger partial charge in [-0.15, -0.1) is 0 Å². The zero-order chi connectivity index (χ0) is 14.7. The lowest BCUT2D eigenvalue weighted by Crippen LogP contribution is -2.54. The Kier molecular flexibility index (Phi) is 4.88. The van der Waals surface area contributed by atoms with Crippen LogP contribution in [0.1, 0.15) is 20.3 Å². The molecule has 1 saturated heterocycles. The maximum absolute atomic E-state index is 12.0. The van der Waals surface area contributed by atoms with Crippen LogP contribution in [-0.4, -0.2) is 52.1 Å². The van der Waals surface area contributed by atoms with E-state index in [2.05, 4.69) is 0 Å². The van der Waals surface area contributed by atoms with E-state index in [-0.39, 0.29) is 31.3 Å². The van der Waals surface area contributed by atoms with Crippen LogP contribution in [-0.2, 0) is 14.4 Å². The smallest absolute Gasteiger partial charge is 0.309 e. The standard InChI is InChI=1S/C12H20N2O5/c1-6(2)9(13)10(15)14-4-3-7(11(16)17)8(5-14)12(18)19/h6-9H,3-5,13H2,1-2H3,(H,16,17)(H,18,19)/t7?,8?,9-/m0/s1. The van der Waals surface area contributed by atoms with Crippen LogP contribution in [0, 0.1) is 17.8 Å². The summed E-state index contributed by atoms with van der Waals surface area (Å²) < 4.78 is 0. The lowest BCUT2D eigenvalue weighted by atomic mass is 9.85. The highest BCUT2D eigenvalue weighted by molar-refractivity contribution is 5.85. The first-order chi connectivity index (χ1) is 8.75. The van der Waals surface area contributed by atoms with E-state index in [1.165, 1.54) is 4.90 Å². The molecule has 7 nitrogen and oxygen atoms in total. The highest BCUT2D eigenvalue weighted by atomic mass is 16.4. The number of amides is 1. The molecule has 1 rings (SSSR count).